The molecule has 16 heavy (non-hydrogen) atoms. The van der Waals surface area contributed by atoms with Crippen LogP contribution in [-0.2, 0) is 4.74 Å². The summed E-state index contributed by atoms with van der Waals surface area (Å²) >= 11 is 0. The molecule has 1 aliphatic rings. The van der Waals surface area contributed by atoms with Crippen LogP contribution in [0.4, 0.5) is 13.2 Å². The first-order valence-electron chi connectivity index (χ1n) is 5.53. The average molecular weight is 240 g/mol. The lowest BCUT2D eigenvalue weighted by molar-refractivity contribution is -0.205. The standard InChI is InChI=1S/C10H19F3N2O/c1-3-8(14)9(10(11,12)13)15-4-5-16-6-7(15)2/h7-9H,3-6,14H2,1-2H3. The van der Waals surface area contributed by atoms with Crippen molar-refractivity contribution >= 4 is 0 Å². The summed E-state index contributed by atoms with van der Waals surface area (Å²) < 4.78 is 44.0. The highest BCUT2D eigenvalue weighted by Crippen LogP contribution is 2.29. The number of hydrogen-bond acceptors (Lipinski definition) is 3. The van der Waals surface area contributed by atoms with Gasteiger partial charge in [0.2, 0.25) is 0 Å². The summed E-state index contributed by atoms with van der Waals surface area (Å²) in [4.78, 5) is 1.41. The summed E-state index contributed by atoms with van der Waals surface area (Å²) in [5.41, 5.74) is 5.59. The van der Waals surface area contributed by atoms with Crippen molar-refractivity contribution in [1.29, 1.82) is 0 Å². The van der Waals surface area contributed by atoms with E-state index in [1.165, 1.54) is 4.90 Å². The van der Waals surface area contributed by atoms with Gasteiger partial charge in [0.15, 0.2) is 0 Å². The Labute approximate surface area is 93.7 Å². The van der Waals surface area contributed by atoms with Crippen LogP contribution in [0, 0.1) is 0 Å². The summed E-state index contributed by atoms with van der Waals surface area (Å²) in [6.07, 6.45) is -3.96. The molecule has 0 aromatic heterocycles. The maximum atomic E-state index is 13.0. The van der Waals surface area contributed by atoms with Gasteiger partial charge in [0.25, 0.3) is 0 Å². The first-order valence-corrected chi connectivity index (χ1v) is 5.53. The summed E-state index contributed by atoms with van der Waals surface area (Å²) in [5.74, 6) is 0. The van der Waals surface area contributed by atoms with E-state index in [1.807, 2.05) is 0 Å². The zero-order valence-corrected chi connectivity index (χ0v) is 9.63. The van der Waals surface area contributed by atoms with Crippen LogP contribution in [0.25, 0.3) is 0 Å². The summed E-state index contributed by atoms with van der Waals surface area (Å²) in [5, 5.41) is 0. The Hall–Kier alpha value is -0.330. The largest absolute Gasteiger partial charge is 0.405 e. The molecule has 1 aliphatic heterocycles. The van der Waals surface area contributed by atoms with E-state index in [0.717, 1.165) is 0 Å². The lowest BCUT2D eigenvalue weighted by Gasteiger charge is -2.42. The third kappa shape index (κ3) is 3.09. The number of nitrogens with zero attached hydrogens (tertiary/aromatic N) is 1. The van der Waals surface area contributed by atoms with E-state index in [2.05, 4.69) is 0 Å². The van der Waals surface area contributed by atoms with E-state index in [4.69, 9.17) is 10.5 Å². The molecule has 0 saturated carbocycles. The zero-order valence-electron chi connectivity index (χ0n) is 9.63. The van der Waals surface area contributed by atoms with Gasteiger partial charge in [-0.1, -0.05) is 6.92 Å². The fraction of sp³-hybridized carbons (Fsp3) is 1.00. The molecule has 0 aromatic carbocycles. The zero-order chi connectivity index (χ0) is 12.3. The van der Waals surface area contributed by atoms with Crippen molar-refractivity contribution in [3.8, 4) is 0 Å². The number of hydrogen-bond donors (Lipinski definition) is 1. The van der Waals surface area contributed by atoms with Gasteiger partial charge in [0, 0.05) is 18.6 Å². The normalized spacial score (nSPS) is 27.8. The van der Waals surface area contributed by atoms with Crippen molar-refractivity contribution < 1.29 is 17.9 Å². The fourth-order valence-corrected chi connectivity index (χ4v) is 2.05. The number of halogens is 3. The molecule has 1 saturated heterocycles. The van der Waals surface area contributed by atoms with E-state index in [0.29, 0.717) is 26.2 Å². The Balaban J connectivity index is 2.82. The average Bonchev–Trinajstić information content (AvgIpc) is 2.19. The molecule has 0 bridgehead atoms. The molecule has 0 aliphatic carbocycles. The highest BCUT2D eigenvalue weighted by molar-refractivity contribution is 4.91. The van der Waals surface area contributed by atoms with E-state index in [9.17, 15) is 13.2 Å². The molecule has 0 spiro atoms. The van der Waals surface area contributed by atoms with Gasteiger partial charge in [-0.3, -0.25) is 4.90 Å². The second-order valence-corrected chi connectivity index (χ2v) is 4.22. The van der Waals surface area contributed by atoms with Crippen molar-refractivity contribution in [2.24, 2.45) is 5.73 Å². The minimum Gasteiger partial charge on any atom is -0.379 e. The van der Waals surface area contributed by atoms with Gasteiger partial charge in [-0.05, 0) is 13.3 Å². The Morgan fingerprint density at radius 3 is 2.56 bits per heavy atom. The van der Waals surface area contributed by atoms with Crippen LogP contribution < -0.4 is 5.73 Å². The molecular weight excluding hydrogens is 221 g/mol. The predicted molar refractivity (Wildman–Crippen MR) is 55.1 cm³/mol. The number of ether oxygens (including phenoxy) is 1. The summed E-state index contributed by atoms with van der Waals surface area (Å²) in [6, 6.07) is -2.67. The van der Waals surface area contributed by atoms with Crippen molar-refractivity contribution in [3.63, 3.8) is 0 Å². The fourth-order valence-electron chi connectivity index (χ4n) is 2.05. The number of alkyl halides is 3. The lowest BCUT2D eigenvalue weighted by Crippen LogP contribution is -2.61. The van der Waals surface area contributed by atoms with E-state index in [-0.39, 0.29) is 6.04 Å². The highest BCUT2D eigenvalue weighted by atomic mass is 19.4. The van der Waals surface area contributed by atoms with Crippen LogP contribution in [-0.4, -0.2) is 49.0 Å². The second kappa shape index (κ2) is 5.33. The molecule has 1 heterocycles. The third-order valence-corrected chi connectivity index (χ3v) is 2.99. The molecule has 3 unspecified atom stereocenters. The minimum atomic E-state index is -4.28. The van der Waals surface area contributed by atoms with Crippen LogP contribution in [0.1, 0.15) is 20.3 Å². The van der Waals surface area contributed by atoms with Crippen LogP contribution in [0.15, 0.2) is 0 Å². The van der Waals surface area contributed by atoms with Gasteiger partial charge in [-0.15, -0.1) is 0 Å². The predicted octanol–water partition coefficient (Wildman–Crippen LogP) is 1.38. The SMILES string of the molecule is CCC(N)C(N1CCOCC1C)C(F)(F)F. The van der Waals surface area contributed by atoms with Gasteiger partial charge >= 0.3 is 6.18 Å². The first kappa shape index (κ1) is 13.7. The first-order chi connectivity index (χ1) is 7.38. The molecule has 1 fully saturated rings. The topological polar surface area (TPSA) is 38.5 Å². The van der Waals surface area contributed by atoms with Crippen molar-refractivity contribution in [1.82, 2.24) is 4.90 Å². The Morgan fingerprint density at radius 2 is 2.12 bits per heavy atom. The van der Waals surface area contributed by atoms with Crippen molar-refractivity contribution in [3.05, 3.63) is 0 Å². The van der Waals surface area contributed by atoms with Gasteiger partial charge in [0.05, 0.1) is 13.2 Å². The molecule has 96 valence electrons. The van der Waals surface area contributed by atoms with Crippen LogP contribution in [0.3, 0.4) is 0 Å². The number of rotatable bonds is 3. The van der Waals surface area contributed by atoms with Crippen LogP contribution >= 0.6 is 0 Å². The molecule has 3 atom stereocenters. The van der Waals surface area contributed by atoms with Gasteiger partial charge in [0.1, 0.15) is 6.04 Å². The second-order valence-electron chi connectivity index (χ2n) is 4.22. The maximum absolute atomic E-state index is 13.0. The van der Waals surface area contributed by atoms with E-state index in [1.54, 1.807) is 13.8 Å². The summed E-state index contributed by atoms with van der Waals surface area (Å²) in [7, 11) is 0. The molecule has 3 nitrogen and oxygen atoms in total. The molecule has 0 amide bonds. The molecular formula is C10H19F3N2O. The van der Waals surface area contributed by atoms with Crippen molar-refractivity contribution in [2.45, 2.75) is 44.6 Å². The smallest absolute Gasteiger partial charge is 0.379 e. The van der Waals surface area contributed by atoms with E-state index < -0.39 is 18.3 Å². The van der Waals surface area contributed by atoms with E-state index >= 15 is 0 Å². The number of morpholine rings is 1. The molecule has 0 aromatic rings. The van der Waals surface area contributed by atoms with Crippen molar-refractivity contribution in [2.75, 3.05) is 19.8 Å². The van der Waals surface area contributed by atoms with Gasteiger partial charge < -0.3 is 10.5 Å². The Morgan fingerprint density at radius 1 is 1.50 bits per heavy atom. The monoisotopic (exact) mass is 240 g/mol. The highest BCUT2D eigenvalue weighted by Gasteiger charge is 2.48. The third-order valence-electron chi connectivity index (χ3n) is 2.99. The lowest BCUT2D eigenvalue weighted by atomic mass is 10.0. The summed E-state index contributed by atoms with van der Waals surface area (Å²) in [6.45, 7) is 4.38. The van der Waals surface area contributed by atoms with Crippen LogP contribution in [0.2, 0.25) is 0 Å². The Kier molecular flexibility index (Phi) is 4.58. The Bertz CT molecular complexity index is 223. The van der Waals surface area contributed by atoms with Gasteiger partial charge in [-0.2, -0.15) is 13.2 Å². The van der Waals surface area contributed by atoms with Crippen LogP contribution in [0.5, 0.6) is 0 Å². The molecule has 1 rings (SSSR count). The minimum absolute atomic E-state index is 0.238. The molecule has 6 heteroatoms. The molecule has 0 radical (unpaired) electrons. The molecule has 2 N–H and O–H groups in total. The van der Waals surface area contributed by atoms with Gasteiger partial charge in [-0.25, -0.2) is 0 Å². The number of nitrogens with two attached hydrogens (primary N) is 1. The maximum Gasteiger partial charge on any atom is 0.405 e. The quantitative estimate of drug-likeness (QED) is 0.810.